The molecule has 2 aliphatic rings. The summed E-state index contributed by atoms with van der Waals surface area (Å²) in [5.74, 6) is 0.540. The molecule has 0 fully saturated rings. The van der Waals surface area contributed by atoms with Gasteiger partial charge in [-0.2, -0.15) is 0 Å². The molecule has 0 saturated carbocycles. The molecule has 4 N–H and O–H groups in total. The highest BCUT2D eigenvalue weighted by atomic mass is 16.5. The quantitative estimate of drug-likeness (QED) is 0.0773. The Labute approximate surface area is 560 Å². The lowest BCUT2D eigenvalue weighted by molar-refractivity contribution is -0.117. The second-order valence-electron chi connectivity index (χ2n) is 27.0. The highest BCUT2D eigenvalue weighted by Crippen LogP contribution is 2.47. The molecule has 11 aromatic rings. The lowest BCUT2D eigenvalue weighted by Crippen LogP contribution is -2.37. The van der Waals surface area contributed by atoms with E-state index in [4.69, 9.17) is 29.7 Å². The Hall–Kier alpha value is -10.8. The van der Waals surface area contributed by atoms with Crippen molar-refractivity contribution in [2.45, 2.75) is 113 Å². The number of anilines is 2. The van der Waals surface area contributed by atoms with Crippen molar-refractivity contribution < 1.29 is 14.3 Å². The number of amides is 2. The van der Waals surface area contributed by atoms with Crippen LogP contribution >= 0.6 is 0 Å². The first-order valence-corrected chi connectivity index (χ1v) is 32.6. The van der Waals surface area contributed by atoms with Crippen molar-refractivity contribution in [1.29, 1.82) is 0 Å². The number of imidazole rings is 3. The van der Waals surface area contributed by atoms with E-state index in [1.165, 1.54) is 5.56 Å². The fourth-order valence-corrected chi connectivity index (χ4v) is 14.5. The molecule has 0 aliphatic carbocycles. The van der Waals surface area contributed by atoms with Gasteiger partial charge >= 0.3 is 0 Å². The number of carbonyl (C=O) groups is 2. The van der Waals surface area contributed by atoms with Gasteiger partial charge in [0.05, 0.1) is 40.5 Å². The first kappa shape index (κ1) is 63.9. The Kier molecular flexibility index (Phi) is 16.7. The molecule has 96 heavy (non-hydrogen) atoms. The number of hydrogen-bond donors (Lipinski definition) is 4. The average Bonchev–Trinajstić information content (AvgIpc) is 1.47. The Morgan fingerprint density at radius 3 is 1.31 bits per heavy atom. The summed E-state index contributed by atoms with van der Waals surface area (Å²) in [6, 6.07) is 29.9. The number of hydrogen-bond acceptors (Lipinski definition) is 9. The second kappa shape index (κ2) is 25.1. The molecule has 484 valence electrons. The number of methoxy groups -OCH3 is 1. The molecule has 13 rings (SSSR count). The van der Waals surface area contributed by atoms with E-state index >= 15 is 4.79 Å². The third kappa shape index (κ3) is 11.8. The minimum absolute atomic E-state index is 0.156. The number of aromatic amines is 2. The zero-order valence-electron chi connectivity index (χ0n) is 57.4. The van der Waals surface area contributed by atoms with Gasteiger partial charge in [-0.3, -0.25) is 14.6 Å². The van der Waals surface area contributed by atoms with E-state index in [0.29, 0.717) is 57.5 Å². The summed E-state index contributed by atoms with van der Waals surface area (Å²) in [4.78, 5) is 68.7. The molecular formula is C80H81N13O3. The lowest BCUT2D eigenvalue weighted by Gasteiger charge is -2.29. The average molecular weight is 1270 g/mol. The number of aromatic nitrogens is 11. The summed E-state index contributed by atoms with van der Waals surface area (Å²) in [6.07, 6.45) is 23.1. The first-order chi connectivity index (χ1) is 46.0. The molecule has 9 heterocycles. The minimum Gasteiger partial charge on any atom is -0.357 e. The minimum atomic E-state index is -1.34. The van der Waals surface area contributed by atoms with E-state index in [9.17, 15) is 4.79 Å². The van der Waals surface area contributed by atoms with E-state index in [0.717, 1.165) is 123 Å². The highest BCUT2D eigenvalue weighted by Gasteiger charge is 2.46. The smallest absolute Gasteiger partial charge is 0.244 e. The van der Waals surface area contributed by atoms with E-state index in [1.807, 2.05) is 59.9 Å². The van der Waals surface area contributed by atoms with Gasteiger partial charge in [-0.25, -0.2) is 24.9 Å². The number of benzene rings is 4. The predicted molar refractivity (Wildman–Crippen MR) is 387 cm³/mol. The van der Waals surface area contributed by atoms with Crippen molar-refractivity contribution >= 4 is 69.6 Å². The first-order valence-electron chi connectivity index (χ1n) is 32.6. The standard InChI is InChI=1S/C80H81N13O3/c1-45-33-48(4)69(49(5)34-45)72-56-19-21-58(85-56)73(70-50(6)35-46(2)36-51(70)7)60-23-25-62(87-60)75(63-26-24-61(88-63)74(59-22-20-57(72)86-59)71-52(8)37-47(3)38-53(71)9)76-64(89-67(94)27-18-54-17-16-28-81-41-54)39-55(79(10,11)12)40-65(76)90-68(95)43-93-42-66(84-44-93)80(96-15,77-82-29-31-91(77)13)78-83-30-32-92(78)14/h16-17,19-26,28-42,44,85,88H,18,27,43H2,1-15H3,(H,89,94)(H,90,95). The summed E-state index contributed by atoms with van der Waals surface area (Å²) >= 11 is 0. The van der Waals surface area contributed by atoms with Crippen LogP contribution in [-0.4, -0.2) is 72.5 Å². The molecule has 0 atom stereocenters. The maximum Gasteiger partial charge on any atom is 0.244 e. The van der Waals surface area contributed by atoms with Crippen LogP contribution in [0.3, 0.4) is 0 Å². The Morgan fingerprint density at radius 1 is 0.521 bits per heavy atom. The van der Waals surface area contributed by atoms with Gasteiger partial charge in [0.25, 0.3) is 0 Å². The summed E-state index contributed by atoms with van der Waals surface area (Å²) < 4.78 is 11.9. The maximum atomic E-state index is 15.4. The van der Waals surface area contributed by atoms with Gasteiger partial charge in [-0.15, -0.1) is 0 Å². The summed E-state index contributed by atoms with van der Waals surface area (Å²) in [5, 5.41) is 6.86. The number of rotatable bonds is 15. The van der Waals surface area contributed by atoms with Crippen LogP contribution in [0.1, 0.15) is 129 Å². The normalized spacial score (nSPS) is 12.3. The van der Waals surface area contributed by atoms with Gasteiger partial charge < -0.3 is 39.0 Å². The number of nitrogens with one attached hydrogen (secondary N) is 4. The van der Waals surface area contributed by atoms with Crippen LogP contribution in [0.4, 0.5) is 11.4 Å². The summed E-state index contributed by atoms with van der Waals surface area (Å²) in [6.45, 7) is 25.7. The number of nitrogens with zero attached hydrogens (tertiary/aromatic N) is 9. The van der Waals surface area contributed by atoms with Gasteiger partial charge in [-0.1, -0.05) is 79.9 Å². The molecule has 0 unspecified atom stereocenters. The van der Waals surface area contributed by atoms with E-state index in [-0.39, 0.29) is 24.8 Å². The van der Waals surface area contributed by atoms with Crippen LogP contribution < -0.4 is 10.6 Å². The lowest BCUT2D eigenvalue weighted by atomic mass is 9.84. The number of fused-ring (bicyclic) bond motifs is 8. The van der Waals surface area contributed by atoms with Crippen LogP contribution in [0.2, 0.25) is 0 Å². The fraction of sp³-hybridized carbons (Fsp3) is 0.250. The molecular weight excluding hydrogens is 1190 g/mol. The molecule has 16 heteroatoms. The second-order valence-corrected chi connectivity index (χ2v) is 27.0. The van der Waals surface area contributed by atoms with Gasteiger partial charge in [0.1, 0.15) is 12.2 Å². The fourth-order valence-electron chi connectivity index (χ4n) is 14.5. The number of pyridine rings is 1. The zero-order chi connectivity index (χ0) is 67.6. The zero-order valence-corrected chi connectivity index (χ0v) is 57.4. The van der Waals surface area contributed by atoms with Crippen molar-refractivity contribution in [2.24, 2.45) is 14.1 Å². The molecule has 0 saturated heterocycles. The van der Waals surface area contributed by atoms with Crippen molar-refractivity contribution in [3.05, 3.63) is 236 Å². The van der Waals surface area contributed by atoms with Crippen molar-refractivity contribution in [2.75, 3.05) is 17.7 Å². The number of ether oxygens (including phenoxy) is 1. The topological polar surface area (TPSA) is 191 Å². The Balaban J connectivity index is 1.11. The van der Waals surface area contributed by atoms with E-state index < -0.39 is 11.0 Å². The van der Waals surface area contributed by atoms with Crippen LogP contribution in [0.15, 0.2) is 135 Å². The third-order valence-corrected chi connectivity index (χ3v) is 18.6. The highest BCUT2D eigenvalue weighted by molar-refractivity contribution is 6.09. The third-order valence-electron chi connectivity index (χ3n) is 18.6. The predicted octanol–water partition coefficient (Wildman–Crippen LogP) is 16.6. The molecule has 8 bridgehead atoms. The van der Waals surface area contributed by atoms with Crippen molar-refractivity contribution in [1.82, 2.24) is 53.6 Å². The molecule has 0 spiro atoms. The molecule has 2 amide bonds. The molecule has 4 aromatic carbocycles. The van der Waals surface area contributed by atoms with Crippen molar-refractivity contribution in [3.8, 4) is 44.5 Å². The van der Waals surface area contributed by atoms with Crippen LogP contribution in [0.25, 0.3) is 90.9 Å². The number of H-pyrrole nitrogens is 2. The van der Waals surface area contributed by atoms with Crippen LogP contribution in [0, 0.1) is 62.3 Å². The largest absolute Gasteiger partial charge is 0.357 e. The summed E-state index contributed by atoms with van der Waals surface area (Å²) in [5.41, 5.74) is 25.1. The number of carbonyl (C=O) groups excluding carboxylic acids is 2. The maximum absolute atomic E-state index is 15.4. The van der Waals surface area contributed by atoms with E-state index in [1.54, 1.807) is 49.0 Å². The molecule has 16 nitrogen and oxygen atoms in total. The number of aryl methyl sites for hydroxylation is 12. The van der Waals surface area contributed by atoms with Gasteiger partial charge in [0, 0.05) is 121 Å². The monoisotopic (exact) mass is 1270 g/mol. The Bertz CT molecular complexity index is 5030. The van der Waals surface area contributed by atoms with Crippen LogP contribution in [-0.2, 0) is 52.4 Å². The van der Waals surface area contributed by atoms with Crippen molar-refractivity contribution in [3.63, 3.8) is 0 Å². The molecule has 0 radical (unpaired) electrons. The molecule has 7 aromatic heterocycles. The van der Waals surface area contributed by atoms with Crippen LogP contribution in [0.5, 0.6) is 0 Å². The summed E-state index contributed by atoms with van der Waals surface area (Å²) in [7, 11) is 5.40. The van der Waals surface area contributed by atoms with Gasteiger partial charge in [0.2, 0.25) is 17.4 Å². The molecule has 2 aliphatic heterocycles. The Morgan fingerprint density at radius 2 is 0.938 bits per heavy atom. The van der Waals surface area contributed by atoms with Gasteiger partial charge in [-0.05, 0) is 202 Å². The van der Waals surface area contributed by atoms with Gasteiger partial charge in [0.15, 0.2) is 11.6 Å². The SMILES string of the molecule is COC(c1cn(CC(=O)Nc2cc(C(C)(C)C)cc(NC(=O)CCc3cccnc3)c2-c2c3nc(c(-c4c(C)cc(C)cc4C)c4ccc([nH]4)c(-c4c(C)cc(C)cc4C)c4nc(c(-c5c(C)cc(C)cc5C)c5ccc2[nH]5)C=C4)C=C3)cn1)(c1nccn1C)c1nccn1C. The van der Waals surface area contributed by atoms with E-state index in [2.05, 4.69) is 194 Å².